The van der Waals surface area contributed by atoms with E-state index in [4.69, 9.17) is 38.0 Å². The molecule has 164 valence electrons. The summed E-state index contributed by atoms with van der Waals surface area (Å²) in [4.78, 5) is 2.32. The van der Waals surface area contributed by atoms with Gasteiger partial charge in [-0.2, -0.15) is 5.10 Å². The van der Waals surface area contributed by atoms with Crippen LogP contribution in [0.15, 0.2) is 36.4 Å². The first-order chi connectivity index (χ1) is 15.0. The number of aromatic nitrogens is 3. The number of ether oxygens (including phenoxy) is 3. The number of fused-ring (bicyclic) bond motifs is 1. The number of para-hydroxylation sites is 1. The van der Waals surface area contributed by atoms with Crippen LogP contribution in [0.25, 0.3) is 0 Å². The molecule has 9 heteroatoms. The lowest BCUT2D eigenvalue weighted by Crippen LogP contribution is -2.33. The van der Waals surface area contributed by atoms with Crippen molar-refractivity contribution < 1.29 is 14.2 Å². The zero-order chi connectivity index (χ0) is 22.0. The molecule has 0 saturated heterocycles. The van der Waals surface area contributed by atoms with E-state index < -0.39 is 0 Å². The molecule has 0 aliphatic carbocycles. The topological polar surface area (TPSA) is 53.7 Å². The molecule has 31 heavy (non-hydrogen) atoms. The Bertz CT molecular complexity index is 1140. The molecule has 0 saturated carbocycles. The molecule has 1 aromatic heterocycles. The van der Waals surface area contributed by atoms with Crippen LogP contribution in [-0.2, 0) is 33.3 Å². The minimum atomic E-state index is 0.288. The quantitative estimate of drug-likeness (QED) is 0.492. The summed E-state index contributed by atoms with van der Waals surface area (Å²) >= 11 is 11.8. The highest BCUT2D eigenvalue weighted by molar-refractivity contribution is 7.71. The standard InChI is InChI=1S/C22H25ClN4O3S/c1-25-21(13-30-18-7-5-4-6-17(18)23)24-27(22(25)31)14-26-9-8-15-10-19(28-2)20(29-3)11-16(15)12-26/h4-7,10-11H,8-9,12-14H2,1-3H3. The first kappa shape index (κ1) is 21.7. The van der Waals surface area contributed by atoms with E-state index in [0.717, 1.165) is 36.8 Å². The molecule has 3 aromatic rings. The molecule has 2 aromatic carbocycles. The van der Waals surface area contributed by atoms with Gasteiger partial charge < -0.3 is 18.8 Å². The number of halogens is 1. The molecule has 1 aliphatic heterocycles. The van der Waals surface area contributed by atoms with E-state index in [0.29, 0.717) is 22.2 Å². The fourth-order valence-corrected chi connectivity index (χ4v) is 4.10. The van der Waals surface area contributed by atoms with Crippen molar-refractivity contribution in [3.63, 3.8) is 0 Å². The Morgan fingerprint density at radius 1 is 1.06 bits per heavy atom. The summed E-state index contributed by atoms with van der Waals surface area (Å²) in [5.41, 5.74) is 2.51. The van der Waals surface area contributed by atoms with Crippen LogP contribution in [0.2, 0.25) is 5.02 Å². The van der Waals surface area contributed by atoms with E-state index in [1.165, 1.54) is 11.1 Å². The minimum absolute atomic E-state index is 0.288. The summed E-state index contributed by atoms with van der Waals surface area (Å²) in [7, 11) is 5.22. The molecule has 0 atom stereocenters. The van der Waals surface area contributed by atoms with Crippen LogP contribution in [0.4, 0.5) is 0 Å². The molecular weight excluding hydrogens is 436 g/mol. The second-order valence-corrected chi connectivity index (χ2v) is 8.17. The summed E-state index contributed by atoms with van der Waals surface area (Å²) in [6.45, 7) is 2.59. The highest BCUT2D eigenvalue weighted by atomic mass is 35.5. The molecule has 0 unspecified atom stereocenters. The summed E-state index contributed by atoms with van der Waals surface area (Å²) < 4.78 is 21.1. The normalized spacial score (nSPS) is 13.7. The predicted octanol–water partition coefficient (Wildman–Crippen LogP) is 4.22. The number of hydrogen-bond acceptors (Lipinski definition) is 6. The van der Waals surface area contributed by atoms with Crippen molar-refractivity contribution >= 4 is 23.8 Å². The Labute approximate surface area is 191 Å². The molecule has 1 aliphatic rings. The van der Waals surface area contributed by atoms with Crippen LogP contribution in [0.3, 0.4) is 0 Å². The van der Waals surface area contributed by atoms with Gasteiger partial charge in [-0.05, 0) is 54.0 Å². The maximum atomic E-state index is 6.18. The van der Waals surface area contributed by atoms with Crippen LogP contribution < -0.4 is 14.2 Å². The van der Waals surface area contributed by atoms with E-state index in [2.05, 4.69) is 22.1 Å². The number of rotatable bonds is 7. The average Bonchev–Trinajstić information content (AvgIpc) is 3.05. The molecule has 0 amide bonds. The van der Waals surface area contributed by atoms with Crippen molar-refractivity contribution in [2.75, 3.05) is 20.8 Å². The first-order valence-corrected chi connectivity index (χ1v) is 10.7. The summed E-state index contributed by atoms with van der Waals surface area (Å²) in [6, 6.07) is 11.5. The van der Waals surface area contributed by atoms with Gasteiger partial charge in [-0.3, -0.25) is 4.90 Å². The Morgan fingerprint density at radius 2 is 1.77 bits per heavy atom. The van der Waals surface area contributed by atoms with Crippen molar-refractivity contribution in [3.8, 4) is 17.2 Å². The Kier molecular flexibility index (Phi) is 6.50. The Hall–Kier alpha value is -2.55. The molecular formula is C22H25ClN4O3S. The lowest BCUT2D eigenvalue weighted by Gasteiger charge is -2.29. The van der Waals surface area contributed by atoms with E-state index >= 15 is 0 Å². The Balaban J connectivity index is 1.47. The van der Waals surface area contributed by atoms with Crippen LogP contribution in [0, 0.1) is 4.77 Å². The van der Waals surface area contributed by atoms with E-state index in [9.17, 15) is 0 Å². The van der Waals surface area contributed by atoms with Crippen molar-refractivity contribution in [2.24, 2.45) is 7.05 Å². The molecule has 0 N–H and O–H groups in total. The van der Waals surface area contributed by atoms with E-state index in [-0.39, 0.29) is 6.61 Å². The third-order valence-corrected chi connectivity index (χ3v) is 6.25. The van der Waals surface area contributed by atoms with Gasteiger partial charge in [0.1, 0.15) is 12.4 Å². The molecule has 0 radical (unpaired) electrons. The summed E-state index contributed by atoms with van der Waals surface area (Å²) in [5, 5.41) is 5.26. The van der Waals surface area contributed by atoms with Gasteiger partial charge in [0.05, 0.1) is 25.9 Å². The lowest BCUT2D eigenvalue weighted by molar-refractivity contribution is 0.186. The van der Waals surface area contributed by atoms with Gasteiger partial charge in [0.2, 0.25) is 0 Å². The number of benzene rings is 2. The highest BCUT2D eigenvalue weighted by Gasteiger charge is 2.21. The van der Waals surface area contributed by atoms with Crippen LogP contribution in [0.1, 0.15) is 17.0 Å². The van der Waals surface area contributed by atoms with Crippen LogP contribution in [-0.4, -0.2) is 40.0 Å². The number of methoxy groups -OCH3 is 2. The van der Waals surface area contributed by atoms with E-state index in [1.807, 2.05) is 34.5 Å². The maximum Gasteiger partial charge on any atom is 0.198 e. The van der Waals surface area contributed by atoms with Crippen molar-refractivity contribution in [2.45, 2.75) is 26.2 Å². The van der Waals surface area contributed by atoms with Crippen molar-refractivity contribution in [1.82, 2.24) is 19.2 Å². The van der Waals surface area contributed by atoms with Crippen molar-refractivity contribution in [1.29, 1.82) is 0 Å². The minimum Gasteiger partial charge on any atom is -0.493 e. The third-order valence-electron chi connectivity index (χ3n) is 5.46. The van der Waals surface area contributed by atoms with Gasteiger partial charge in [0.25, 0.3) is 0 Å². The smallest absolute Gasteiger partial charge is 0.198 e. The number of nitrogens with zero attached hydrogens (tertiary/aromatic N) is 4. The molecule has 7 nitrogen and oxygen atoms in total. The first-order valence-electron chi connectivity index (χ1n) is 9.96. The van der Waals surface area contributed by atoms with Crippen LogP contribution in [0.5, 0.6) is 17.2 Å². The van der Waals surface area contributed by atoms with Gasteiger partial charge in [0, 0.05) is 20.1 Å². The number of hydrogen-bond donors (Lipinski definition) is 0. The fraction of sp³-hybridized carbons (Fsp3) is 0.364. The monoisotopic (exact) mass is 460 g/mol. The molecule has 4 rings (SSSR count). The van der Waals surface area contributed by atoms with Crippen LogP contribution >= 0.6 is 23.8 Å². The molecule has 0 fully saturated rings. The summed E-state index contributed by atoms with van der Waals surface area (Å²) in [5.74, 6) is 2.89. The van der Waals surface area contributed by atoms with Gasteiger partial charge in [-0.1, -0.05) is 23.7 Å². The second-order valence-electron chi connectivity index (χ2n) is 7.40. The molecule has 2 heterocycles. The average molecular weight is 461 g/mol. The lowest BCUT2D eigenvalue weighted by atomic mass is 9.99. The molecule has 0 bridgehead atoms. The van der Waals surface area contributed by atoms with Gasteiger partial charge in [-0.15, -0.1) is 0 Å². The SMILES string of the molecule is COc1cc2c(cc1OC)CN(Cn1nc(COc3ccccc3Cl)n(C)c1=S)CC2. The van der Waals surface area contributed by atoms with Gasteiger partial charge >= 0.3 is 0 Å². The second kappa shape index (κ2) is 9.30. The zero-order valence-electron chi connectivity index (χ0n) is 17.8. The predicted molar refractivity (Wildman–Crippen MR) is 121 cm³/mol. The largest absolute Gasteiger partial charge is 0.493 e. The molecule has 0 spiro atoms. The maximum absolute atomic E-state index is 6.18. The Morgan fingerprint density at radius 3 is 2.48 bits per heavy atom. The van der Waals surface area contributed by atoms with Gasteiger partial charge in [-0.25, -0.2) is 4.68 Å². The zero-order valence-corrected chi connectivity index (χ0v) is 19.4. The van der Waals surface area contributed by atoms with Gasteiger partial charge in [0.15, 0.2) is 22.1 Å². The summed E-state index contributed by atoms with van der Waals surface area (Å²) in [6.07, 6.45) is 0.929. The highest BCUT2D eigenvalue weighted by Crippen LogP contribution is 2.33. The van der Waals surface area contributed by atoms with E-state index in [1.54, 1.807) is 20.3 Å². The van der Waals surface area contributed by atoms with Crippen molar-refractivity contribution in [3.05, 3.63) is 63.1 Å². The fourth-order valence-electron chi connectivity index (χ4n) is 3.71. The third kappa shape index (κ3) is 4.56.